The summed E-state index contributed by atoms with van der Waals surface area (Å²) in [5.74, 6) is -0.575. The van der Waals surface area contributed by atoms with Crippen molar-refractivity contribution in [1.82, 2.24) is 5.32 Å². The molecule has 2 N–H and O–H groups in total. The van der Waals surface area contributed by atoms with Gasteiger partial charge in [0.1, 0.15) is 18.4 Å². The van der Waals surface area contributed by atoms with Crippen LogP contribution in [0, 0.1) is 6.92 Å². The summed E-state index contributed by atoms with van der Waals surface area (Å²) in [7, 11) is 1.55. The molecule has 0 aliphatic heterocycles. The van der Waals surface area contributed by atoms with Crippen molar-refractivity contribution in [2.75, 3.05) is 13.7 Å². The number of carbonyl (C=O) groups excluding carboxylic acids is 1. The quantitative estimate of drug-likeness (QED) is 0.574. The molecule has 0 spiro atoms. The van der Waals surface area contributed by atoms with Crippen molar-refractivity contribution in [3.8, 4) is 16.9 Å². The van der Waals surface area contributed by atoms with E-state index in [-0.39, 0.29) is 18.9 Å². The first kappa shape index (κ1) is 21.4. The largest absolute Gasteiger partial charge is 0.497 e. The normalized spacial score (nSPS) is 13.1. The number of hydrogen-bond donors (Lipinski definition) is 2. The summed E-state index contributed by atoms with van der Waals surface area (Å²) < 4.78 is 10.7. The maximum Gasteiger partial charge on any atom is 0.407 e. The van der Waals surface area contributed by atoms with Gasteiger partial charge >= 0.3 is 12.1 Å². The molecule has 0 saturated heterocycles. The monoisotopic (exact) mass is 431 g/mol. The van der Waals surface area contributed by atoms with Gasteiger partial charge in [0.05, 0.1) is 7.11 Å². The van der Waals surface area contributed by atoms with Gasteiger partial charge in [-0.2, -0.15) is 0 Å². The van der Waals surface area contributed by atoms with Crippen LogP contribution in [0.4, 0.5) is 4.79 Å². The number of hydrogen-bond acceptors (Lipinski definition) is 4. The summed E-state index contributed by atoms with van der Waals surface area (Å²) in [5.41, 5.74) is 6.18. The Labute approximate surface area is 186 Å². The van der Waals surface area contributed by atoms with Gasteiger partial charge in [0.2, 0.25) is 0 Å². The first-order valence-electron chi connectivity index (χ1n) is 10.5. The lowest BCUT2D eigenvalue weighted by atomic mass is 9.98. The highest BCUT2D eigenvalue weighted by Gasteiger charge is 2.30. The van der Waals surface area contributed by atoms with Crippen LogP contribution in [0.2, 0.25) is 0 Å². The van der Waals surface area contributed by atoms with Crippen molar-refractivity contribution in [3.05, 3.63) is 89.0 Å². The Bertz CT molecular complexity index is 1110. The van der Waals surface area contributed by atoms with Crippen LogP contribution in [0.3, 0.4) is 0 Å². The number of methoxy groups -OCH3 is 1. The van der Waals surface area contributed by atoms with Crippen molar-refractivity contribution in [2.24, 2.45) is 0 Å². The molecule has 1 aliphatic carbocycles. The molecule has 0 heterocycles. The van der Waals surface area contributed by atoms with Crippen molar-refractivity contribution in [1.29, 1.82) is 0 Å². The molecule has 0 bridgehead atoms. The molecule has 0 unspecified atom stereocenters. The fourth-order valence-corrected chi connectivity index (χ4v) is 4.20. The average Bonchev–Trinajstić information content (AvgIpc) is 3.12. The molecule has 164 valence electrons. The summed E-state index contributed by atoms with van der Waals surface area (Å²) in [5, 5.41) is 12.1. The van der Waals surface area contributed by atoms with E-state index < -0.39 is 18.1 Å². The fraction of sp³-hybridized carbons (Fsp3) is 0.231. The highest BCUT2D eigenvalue weighted by Crippen LogP contribution is 2.44. The van der Waals surface area contributed by atoms with E-state index in [4.69, 9.17) is 9.47 Å². The van der Waals surface area contributed by atoms with Crippen LogP contribution in [0.5, 0.6) is 5.75 Å². The molecule has 1 amide bonds. The molecule has 3 aromatic rings. The van der Waals surface area contributed by atoms with Crippen LogP contribution in [-0.2, 0) is 16.0 Å². The Kier molecular flexibility index (Phi) is 6.12. The molecule has 0 saturated carbocycles. The minimum Gasteiger partial charge on any atom is -0.497 e. The first-order chi connectivity index (χ1) is 15.5. The number of carboxylic acid groups (broad SMARTS) is 1. The minimum absolute atomic E-state index is 0.0861. The summed E-state index contributed by atoms with van der Waals surface area (Å²) in [6.45, 7) is 2.02. The van der Waals surface area contributed by atoms with E-state index in [0.29, 0.717) is 5.75 Å². The smallest absolute Gasteiger partial charge is 0.407 e. The second kappa shape index (κ2) is 9.14. The molecular weight excluding hydrogens is 406 g/mol. The van der Waals surface area contributed by atoms with Crippen molar-refractivity contribution in [2.45, 2.75) is 25.3 Å². The lowest BCUT2D eigenvalue weighted by molar-refractivity contribution is -0.139. The summed E-state index contributed by atoms with van der Waals surface area (Å²) in [4.78, 5) is 24.3. The number of aryl methyl sites for hydroxylation is 1. The number of aliphatic carboxylic acids is 1. The van der Waals surface area contributed by atoms with Gasteiger partial charge in [-0.15, -0.1) is 0 Å². The molecule has 4 rings (SSSR count). The molecule has 32 heavy (non-hydrogen) atoms. The maximum atomic E-state index is 12.5. The van der Waals surface area contributed by atoms with Gasteiger partial charge in [-0.1, -0.05) is 54.6 Å². The lowest BCUT2D eigenvalue weighted by Gasteiger charge is -2.18. The third-order valence-electron chi connectivity index (χ3n) is 5.91. The number of ether oxygens (including phenoxy) is 2. The maximum absolute atomic E-state index is 12.5. The standard InChI is InChI=1S/C26H25NO5/c1-16-11-12-18(31-2)13-17(16)14-24(25(28)29)27-26(30)32-15-23-21-9-5-3-7-19(21)20-8-4-6-10-22(20)23/h3-13,23-24H,14-15H2,1-2H3,(H,27,30)(H,28,29)/t24-/m0/s1. The van der Waals surface area contributed by atoms with E-state index in [2.05, 4.69) is 17.4 Å². The highest BCUT2D eigenvalue weighted by atomic mass is 16.5. The number of rotatable bonds is 7. The van der Waals surface area contributed by atoms with E-state index in [0.717, 1.165) is 33.4 Å². The van der Waals surface area contributed by atoms with E-state index >= 15 is 0 Å². The van der Waals surface area contributed by atoms with Gasteiger partial charge < -0.3 is 19.9 Å². The number of alkyl carbamates (subject to hydrolysis) is 1. The van der Waals surface area contributed by atoms with Gasteiger partial charge in [0.15, 0.2) is 0 Å². The predicted molar refractivity (Wildman–Crippen MR) is 121 cm³/mol. The summed E-state index contributed by atoms with van der Waals surface area (Å²) >= 11 is 0. The lowest BCUT2D eigenvalue weighted by Crippen LogP contribution is -2.43. The zero-order chi connectivity index (χ0) is 22.7. The molecule has 6 heteroatoms. The van der Waals surface area contributed by atoms with Crippen LogP contribution >= 0.6 is 0 Å². The Balaban J connectivity index is 1.44. The molecule has 0 radical (unpaired) electrons. The number of fused-ring (bicyclic) bond motifs is 3. The van der Waals surface area contributed by atoms with E-state index in [1.54, 1.807) is 13.2 Å². The molecule has 3 aromatic carbocycles. The van der Waals surface area contributed by atoms with E-state index in [1.165, 1.54) is 0 Å². The van der Waals surface area contributed by atoms with Crippen LogP contribution in [0.25, 0.3) is 11.1 Å². The Morgan fingerprint density at radius 2 is 1.62 bits per heavy atom. The third-order valence-corrected chi connectivity index (χ3v) is 5.91. The Morgan fingerprint density at radius 1 is 1.00 bits per heavy atom. The molecule has 1 atom stereocenters. The van der Waals surface area contributed by atoms with Crippen molar-refractivity contribution < 1.29 is 24.2 Å². The zero-order valence-corrected chi connectivity index (χ0v) is 18.0. The predicted octanol–water partition coefficient (Wildman–Crippen LogP) is 4.54. The van der Waals surface area contributed by atoms with Crippen LogP contribution in [0.15, 0.2) is 66.7 Å². The Hall–Kier alpha value is -3.80. The van der Waals surface area contributed by atoms with Crippen molar-refractivity contribution >= 4 is 12.1 Å². The molecule has 1 aliphatic rings. The van der Waals surface area contributed by atoms with Crippen LogP contribution in [-0.4, -0.2) is 36.9 Å². The number of amides is 1. The molecule has 0 aromatic heterocycles. The summed E-state index contributed by atoms with van der Waals surface area (Å²) in [6, 6.07) is 20.4. The number of nitrogens with one attached hydrogen (secondary N) is 1. The third kappa shape index (κ3) is 4.30. The van der Waals surface area contributed by atoms with Crippen LogP contribution in [0.1, 0.15) is 28.2 Å². The van der Waals surface area contributed by atoms with Crippen molar-refractivity contribution in [3.63, 3.8) is 0 Å². The number of benzene rings is 3. The van der Waals surface area contributed by atoms with Gasteiger partial charge in [0, 0.05) is 12.3 Å². The van der Waals surface area contributed by atoms with Gasteiger partial charge in [-0.25, -0.2) is 9.59 Å². The molecule has 6 nitrogen and oxygen atoms in total. The first-order valence-corrected chi connectivity index (χ1v) is 10.5. The summed E-state index contributed by atoms with van der Waals surface area (Å²) in [6.07, 6.45) is -0.623. The number of carbonyl (C=O) groups is 2. The van der Waals surface area contributed by atoms with Gasteiger partial charge in [-0.3, -0.25) is 0 Å². The van der Waals surface area contributed by atoms with E-state index in [1.807, 2.05) is 55.5 Å². The Morgan fingerprint density at radius 3 is 2.22 bits per heavy atom. The topological polar surface area (TPSA) is 84.9 Å². The van der Waals surface area contributed by atoms with E-state index in [9.17, 15) is 14.7 Å². The highest BCUT2D eigenvalue weighted by molar-refractivity contribution is 5.81. The van der Waals surface area contributed by atoms with Crippen LogP contribution < -0.4 is 10.1 Å². The SMILES string of the molecule is COc1ccc(C)c(C[C@H](NC(=O)OCC2c3ccccc3-c3ccccc32)C(=O)O)c1. The van der Waals surface area contributed by atoms with Gasteiger partial charge in [0.25, 0.3) is 0 Å². The minimum atomic E-state index is -1.12. The molecule has 0 fully saturated rings. The zero-order valence-electron chi connectivity index (χ0n) is 18.0. The van der Waals surface area contributed by atoms with Gasteiger partial charge in [-0.05, 0) is 52.4 Å². The average molecular weight is 431 g/mol. The fourth-order valence-electron chi connectivity index (χ4n) is 4.20. The second-order valence-corrected chi connectivity index (χ2v) is 7.86. The second-order valence-electron chi connectivity index (χ2n) is 7.86. The number of carboxylic acids is 1. The molecular formula is C26H25NO5.